The van der Waals surface area contributed by atoms with Crippen molar-refractivity contribution in [3.05, 3.63) is 65.0 Å². The number of amides is 1. The minimum Gasteiger partial charge on any atom is -0.484 e. The van der Waals surface area contributed by atoms with Gasteiger partial charge in [-0.15, -0.1) is 11.3 Å². The Morgan fingerprint density at radius 3 is 2.82 bits per heavy atom. The van der Waals surface area contributed by atoms with E-state index < -0.39 is 0 Å². The summed E-state index contributed by atoms with van der Waals surface area (Å²) in [6.07, 6.45) is 1.67. The molecule has 0 radical (unpaired) electrons. The van der Waals surface area contributed by atoms with Gasteiger partial charge < -0.3 is 10.1 Å². The second-order valence-electron chi connectivity index (χ2n) is 4.60. The Morgan fingerprint density at radius 2 is 2.05 bits per heavy atom. The molecule has 112 valence electrons. The summed E-state index contributed by atoms with van der Waals surface area (Å²) in [4.78, 5) is 13.1. The van der Waals surface area contributed by atoms with Crippen LogP contribution in [0, 0.1) is 0 Å². The lowest BCUT2D eigenvalue weighted by molar-refractivity contribution is -0.118. The third kappa shape index (κ3) is 3.73. The molecule has 0 unspecified atom stereocenters. The van der Waals surface area contributed by atoms with Crippen LogP contribution in [0.15, 0.2) is 60.1 Å². The van der Waals surface area contributed by atoms with E-state index in [2.05, 4.69) is 10.4 Å². The molecule has 2 heterocycles. The highest BCUT2D eigenvalue weighted by Gasteiger charge is 2.09. The number of ether oxygens (including phenoxy) is 1. The van der Waals surface area contributed by atoms with Crippen molar-refractivity contribution in [3.63, 3.8) is 0 Å². The summed E-state index contributed by atoms with van der Waals surface area (Å²) in [5.41, 5.74) is 0. The van der Waals surface area contributed by atoms with Gasteiger partial charge in [-0.25, -0.2) is 4.68 Å². The minimum absolute atomic E-state index is 0.0335. The van der Waals surface area contributed by atoms with Gasteiger partial charge in [0, 0.05) is 10.9 Å². The van der Waals surface area contributed by atoms with Crippen LogP contribution < -0.4 is 10.1 Å². The number of carbonyl (C=O) groups excluding carboxylic acids is 1. The van der Waals surface area contributed by atoms with Gasteiger partial charge in [0.15, 0.2) is 6.61 Å². The molecule has 5 nitrogen and oxygen atoms in total. The average molecular weight is 313 g/mol. The number of aromatic nitrogens is 2. The van der Waals surface area contributed by atoms with E-state index in [1.54, 1.807) is 28.3 Å². The Labute approximate surface area is 132 Å². The lowest BCUT2D eigenvalue weighted by Crippen LogP contribution is -2.22. The van der Waals surface area contributed by atoms with Crippen molar-refractivity contribution in [2.75, 3.05) is 11.9 Å². The van der Waals surface area contributed by atoms with Crippen molar-refractivity contribution in [3.8, 4) is 5.75 Å². The molecular formula is C16H15N3O2S. The number of hydrogen-bond donors (Lipinski definition) is 1. The predicted molar refractivity (Wildman–Crippen MR) is 86.2 cm³/mol. The van der Waals surface area contributed by atoms with Crippen molar-refractivity contribution in [2.45, 2.75) is 6.54 Å². The number of rotatable bonds is 6. The zero-order chi connectivity index (χ0) is 15.2. The standard InChI is InChI=1S/C16H15N3O2S/c20-16(12-21-13-5-2-1-3-6-13)18-15-8-9-17-19(15)11-14-7-4-10-22-14/h1-10H,11-12H2,(H,18,20). The second-order valence-corrected chi connectivity index (χ2v) is 5.64. The maximum atomic E-state index is 12.0. The van der Waals surface area contributed by atoms with E-state index in [0.29, 0.717) is 18.1 Å². The molecule has 6 heteroatoms. The molecule has 2 aromatic heterocycles. The highest BCUT2D eigenvalue weighted by Crippen LogP contribution is 2.14. The van der Waals surface area contributed by atoms with Crippen LogP contribution in [0.2, 0.25) is 0 Å². The van der Waals surface area contributed by atoms with E-state index in [-0.39, 0.29) is 12.5 Å². The molecule has 0 bridgehead atoms. The highest BCUT2D eigenvalue weighted by molar-refractivity contribution is 7.09. The Hall–Kier alpha value is -2.60. The summed E-state index contributed by atoms with van der Waals surface area (Å²) >= 11 is 1.66. The van der Waals surface area contributed by atoms with Crippen molar-refractivity contribution in [1.82, 2.24) is 9.78 Å². The number of thiophene rings is 1. The Kier molecular flexibility index (Phi) is 4.50. The molecule has 1 aromatic carbocycles. The monoisotopic (exact) mass is 313 g/mol. The molecule has 3 aromatic rings. The third-order valence-corrected chi connectivity index (χ3v) is 3.84. The maximum Gasteiger partial charge on any atom is 0.263 e. The Balaban J connectivity index is 1.56. The molecule has 1 N–H and O–H groups in total. The van der Waals surface area contributed by atoms with Crippen molar-refractivity contribution in [1.29, 1.82) is 0 Å². The van der Waals surface area contributed by atoms with Crippen LogP contribution in [0.1, 0.15) is 4.88 Å². The Bertz CT molecular complexity index is 723. The molecule has 1 amide bonds. The summed E-state index contributed by atoms with van der Waals surface area (Å²) in [7, 11) is 0. The average Bonchev–Trinajstić information content (AvgIpc) is 3.20. The fraction of sp³-hybridized carbons (Fsp3) is 0.125. The molecular weight excluding hydrogens is 298 g/mol. The molecule has 0 saturated carbocycles. The third-order valence-electron chi connectivity index (χ3n) is 2.98. The highest BCUT2D eigenvalue weighted by atomic mass is 32.1. The number of nitrogens with one attached hydrogen (secondary N) is 1. The molecule has 0 saturated heterocycles. The number of nitrogens with zero attached hydrogens (tertiary/aromatic N) is 2. The smallest absolute Gasteiger partial charge is 0.263 e. The first kappa shape index (κ1) is 14.3. The SMILES string of the molecule is O=C(COc1ccccc1)Nc1ccnn1Cc1cccs1. The van der Waals surface area contributed by atoms with Gasteiger partial charge in [0.1, 0.15) is 11.6 Å². The summed E-state index contributed by atoms with van der Waals surface area (Å²) < 4.78 is 7.18. The van der Waals surface area contributed by atoms with Crippen LogP contribution in [0.4, 0.5) is 5.82 Å². The van der Waals surface area contributed by atoms with Gasteiger partial charge in [0.2, 0.25) is 0 Å². The van der Waals surface area contributed by atoms with Gasteiger partial charge in [-0.3, -0.25) is 4.79 Å². The van der Waals surface area contributed by atoms with E-state index in [1.165, 1.54) is 4.88 Å². The summed E-state index contributed by atoms with van der Waals surface area (Å²) in [6, 6.07) is 15.1. The van der Waals surface area contributed by atoms with Crippen molar-refractivity contribution < 1.29 is 9.53 Å². The first-order valence-corrected chi connectivity index (χ1v) is 7.71. The minimum atomic E-state index is -0.211. The van der Waals surface area contributed by atoms with Gasteiger partial charge in [-0.05, 0) is 23.6 Å². The second kappa shape index (κ2) is 6.91. The number of benzene rings is 1. The number of hydrogen-bond acceptors (Lipinski definition) is 4. The van der Waals surface area contributed by atoms with Crippen LogP contribution in [-0.2, 0) is 11.3 Å². The quantitative estimate of drug-likeness (QED) is 0.761. The van der Waals surface area contributed by atoms with Crippen molar-refractivity contribution >= 4 is 23.1 Å². The largest absolute Gasteiger partial charge is 0.484 e. The van der Waals surface area contributed by atoms with E-state index >= 15 is 0 Å². The number of anilines is 1. The normalized spacial score (nSPS) is 10.4. The summed E-state index contributed by atoms with van der Waals surface area (Å²) in [5.74, 6) is 1.12. The molecule has 0 atom stereocenters. The maximum absolute atomic E-state index is 12.0. The zero-order valence-electron chi connectivity index (χ0n) is 11.8. The fourth-order valence-corrected chi connectivity index (χ4v) is 2.65. The number of para-hydroxylation sites is 1. The molecule has 0 aliphatic rings. The van der Waals surface area contributed by atoms with Crippen LogP contribution in [-0.4, -0.2) is 22.3 Å². The van der Waals surface area contributed by atoms with Crippen molar-refractivity contribution in [2.24, 2.45) is 0 Å². The van der Waals surface area contributed by atoms with Gasteiger partial charge in [0.05, 0.1) is 12.7 Å². The van der Waals surface area contributed by atoms with Gasteiger partial charge in [0.25, 0.3) is 5.91 Å². The van der Waals surface area contributed by atoms with E-state index in [1.807, 2.05) is 47.8 Å². The zero-order valence-corrected chi connectivity index (χ0v) is 12.6. The molecule has 0 spiro atoms. The van der Waals surface area contributed by atoms with Crippen LogP contribution in [0.25, 0.3) is 0 Å². The van der Waals surface area contributed by atoms with E-state index in [0.717, 1.165) is 0 Å². The lowest BCUT2D eigenvalue weighted by Gasteiger charge is -2.09. The molecule has 0 fully saturated rings. The summed E-state index contributed by atoms with van der Waals surface area (Å²) in [6.45, 7) is 0.605. The predicted octanol–water partition coefficient (Wildman–Crippen LogP) is 3.01. The van der Waals surface area contributed by atoms with Crippen LogP contribution in [0.3, 0.4) is 0 Å². The molecule has 0 aliphatic carbocycles. The Morgan fingerprint density at radius 1 is 1.18 bits per heavy atom. The molecule has 0 aliphatic heterocycles. The fourth-order valence-electron chi connectivity index (χ4n) is 1.96. The molecule has 22 heavy (non-hydrogen) atoms. The number of carbonyl (C=O) groups is 1. The van der Waals surface area contributed by atoms with Crippen LogP contribution in [0.5, 0.6) is 5.75 Å². The first-order valence-electron chi connectivity index (χ1n) is 6.83. The molecule has 3 rings (SSSR count). The van der Waals surface area contributed by atoms with Gasteiger partial charge in [-0.1, -0.05) is 24.3 Å². The van der Waals surface area contributed by atoms with Crippen LogP contribution >= 0.6 is 11.3 Å². The first-order chi connectivity index (χ1) is 10.8. The van der Waals surface area contributed by atoms with E-state index in [4.69, 9.17) is 4.74 Å². The lowest BCUT2D eigenvalue weighted by atomic mass is 10.3. The summed E-state index contributed by atoms with van der Waals surface area (Å²) in [5, 5.41) is 9.06. The van der Waals surface area contributed by atoms with Gasteiger partial charge >= 0.3 is 0 Å². The van der Waals surface area contributed by atoms with Gasteiger partial charge in [-0.2, -0.15) is 5.10 Å². The topological polar surface area (TPSA) is 56.1 Å². The van der Waals surface area contributed by atoms with E-state index in [9.17, 15) is 4.79 Å².